The van der Waals surface area contributed by atoms with Crippen LogP contribution in [0.5, 0.6) is 0 Å². The Bertz CT molecular complexity index is 544. The molecule has 1 amide bonds. The lowest BCUT2D eigenvalue weighted by Gasteiger charge is -2.06. The Morgan fingerprint density at radius 3 is 2.95 bits per heavy atom. The fourth-order valence-electron chi connectivity index (χ4n) is 1.67. The van der Waals surface area contributed by atoms with Crippen LogP contribution in [0.4, 0.5) is 0 Å². The number of amides is 1. The van der Waals surface area contributed by atoms with E-state index in [0.717, 1.165) is 16.3 Å². The standard InChI is InChI=1S/C14H18N2O2S/c1-9(2)13(17)15-7-6-11-10(3)18-14(16-11)12-5-4-8-19-12/h4-5,8-9H,6-7H2,1-3H3,(H,15,17). The Morgan fingerprint density at radius 2 is 2.32 bits per heavy atom. The zero-order valence-corrected chi connectivity index (χ0v) is 12.2. The normalized spacial score (nSPS) is 10.9. The number of oxazole rings is 1. The number of carbonyl (C=O) groups excluding carboxylic acids is 1. The second-order valence-electron chi connectivity index (χ2n) is 4.69. The fraction of sp³-hybridized carbons (Fsp3) is 0.429. The van der Waals surface area contributed by atoms with E-state index < -0.39 is 0 Å². The van der Waals surface area contributed by atoms with Crippen LogP contribution in [0.1, 0.15) is 25.3 Å². The number of aryl methyl sites for hydroxylation is 1. The summed E-state index contributed by atoms with van der Waals surface area (Å²) < 4.78 is 5.65. The van der Waals surface area contributed by atoms with E-state index in [-0.39, 0.29) is 11.8 Å². The SMILES string of the molecule is Cc1oc(-c2cccs2)nc1CCNC(=O)C(C)C. The van der Waals surface area contributed by atoms with E-state index in [1.165, 1.54) is 0 Å². The van der Waals surface area contributed by atoms with Gasteiger partial charge in [-0.15, -0.1) is 11.3 Å². The molecule has 0 aromatic carbocycles. The number of carbonyl (C=O) groups is 1. The number of hydrogen-bond acceptors (Lipinski definition) is 4. The average molecular weight is 278 g/mol. The molecule has 1 N–H and O–H groups in total. The molecule has 2 heterocycles. The third kappa shape index (κ3) is 3.44. The third-order valence-corrected chi connectivity index (χ3v) is 3.67. The highest BCUT2D eigenvalue weighted by molar-refractivity contribution is 7.13. The number of hydrogen-bond donors (Lipinski definition) is 1. The summed E-state index contributed by atoms with van der Waals surface area (Å²) in [5.41, 5.74) is 0.910. The third-order valence-electron chi connectivity index (χ3n) is 2.81. The molecule has 0 bridgehead atoms. The molecule has 102 valence electrons. The van der Waals surface area contributed by atoms with Gasteiger partial charge in [-0.2, -0.15) is 0 Å². The highest BCUT2D eigenvalue weighted by atomic mass is 32.1. The zero-order chi connectivity index (χ0) is 13.8. The van der Waals surface area contributed by atoms with Gasteiger partial charge in [-0.3, -0.25) is 4.79 Å². The predicted octanol–water partition coefficient (Wildman–Crippen LogP) is 3.03. The minimum absolute atomic E-state index is 0.0140. The largest absolute Gasteiger partial charge is 0.440 e. The molecule has 4 nitrogen and oxygen atoms in total. The van der Waals surface area contributed by atoms with E-state index in [9.17, 15) is 4.79 Å². The van der Waals surface area contributed by atoms with Crippen molar-refractivity contribution < 1.29 is 9.21 Å². The van der Waals surface area contributed by atoms with Crippen LogP contribution in [0.3, 0.4) is 0 Å². The minimum Gasteiger partial charge on any atom is -0.440 e. The summed E-state index contributed by atoms with van der Waals surface area (Å²) in [6, 6.07) is 3.96. The Hall–Kier alpha value is -1.62. The number of rotatable bonds is 5. The van der Waals surface area contributed by atoms with Gasteiger partial charge in [0.25, 0.3) is 0 Å². The molecule has 2 aromatic rings. The molecule has 0 aliphatic heterocycles. The number of nitrogens with one attached hydrogen (secondary N) is 1. The smallest absolute Gasteiger partial charge is 0.236 e. The number of aromatic nitrogens is 1. The Balaban J connectivity index is 1.96. The van der Waals surface area contributed by atoms with Gasteiger partial charge in [0, 0.05) is 18.9 Å². The first kappa shape index (κ1) is 13.8. The summed E-state index contributed by atoms with van der Waals surface area (Å²) in [6.45, 7) is 6.26. The van der Waals surface area contributed by atoms with Gasteiger partial charge >= 0.3 is 0 Å². The molecule has 2 rings (SSSR count). The molecule has 2 aromatic heterocycles. The first-order valence-electron chi connectivity index (χ1n) is 6.36. The summed E-state index contributed by atoms with van der Waals surface area (Å²) in [4.78, 5) is 17.0. The van der Waals surface area contributed by atoms with Crippen LogP contribution in [0.2, 0.25) is 0 Å². The van der Waals surface area contributed by atoms with Gasteiger partial charge in [0.1, 0.15) is 5.76 Å². The second kappa shape index (κ2) is 6.02. The summed E-state index contributed by atoms with van der Waals surface area (Å²) >= 11 is 1.60. The van der Waals surface area contributed by atoms with Gasteiger partial charge in [-0.05, 0) is 18.4 Å². The van der Waals surface area contributed by atoms with Gasteiger partial charge in [0.2, 0.25) is 11.8 Å². The van der Waals surface area contributed by atoms with Crippen molar-refractivity contribution in [2.24, 2.45) is 5.92 Å². The van der Waals surface area contributed by atoms with E-state index in [0.29, 0.717) is 18.9 Å². The molecule has 0 aliphatic carbocycles. The van der Waals surface area contributed by atoms with Crippen molar-refractivity contribution in [2.75, 3.05) is 6.54 Å². The quantitative estimate of drug-likeness (QED) is 0.914. The maximum atomic E-state index is 11.5. The fourth-order valence-corrected chi connectivity index (χ4v) is 2.32. The maximum Gasteiger partial charge on any atom is 0.236 e. The molecular formula is C14H18N2O2S. The number of nitrogens with zero attached hydrogens (tertiary/aromatic N) is 1. The first-order valence-corrected chi connectivity index (χ1v) is 7.23. The van der Waals surface area contributed by atoms with Crippen molar-refractivity contribution in [1.29, 1.82) is 0 Å². The lowest BCUT2D eigenvalue weighted by atomic mass is 10.2. The van der Waals surface area contributed by atoms with E-state index >= 15 is 0 Å². The van der Waals surface area contributed by atoms with Crippen molar-refractivity contribution >= 4 is 17.2 Å². The highest BCUT2D eigenvalue weighted by Gasteiger charge is 2.12. The monoisotopic (exact) mass is 278 g/mol. The highest BCUT2D eigenvalue weighted by Crippen LogP contribution is 2.25. The number of thiophene rings is 1. The molecule has 0 spiro atoms. The lowest BCUT2D eigenvalue weighted by Crippen LogP contribution is -2.29. The van der Waals surface area contributed by atoms with Crippen molar-refractivity contribution in [3.8, 4) is 10.8 Å². The Labute approximate surface area is 116 Å². The molecule has 0 saturated carbocycles. The van der Waals surface area contributed by atoms with Crippen LogP contribution in [0.25, 0.3) is 10.8 Å². The molecule has 5 heteroatoms. The molecule has 0 radical (unpaired) electrons. The molecule has 0 saturated heterocycles. The van der Waals surface area contributed by atoms with Crippen LogP contribution in [0.15, 0.2) is 21.9 Å². The molecule has 0 aliphatic rings. The lowest BCUT2D eigenvalue weighted by molar-refractivity contribution is -0.123. The Morgan fingerprint density at radius 1 is 1.53 bits per heavy atom. The molecule has 0 atom stereocenters. The molecule has 19 heavy (non-hydrogen) atoms. The van der Waals surface area contributed by atoms with E-state index in [1.807, 2.05) is 38.3 Å². The maximum absolute atomic E-state index is 11.5. The van der Waals surface area contributed by atoms with Crippen molar-refractivity contribution in [2.45, 2.75) is 27.2 Å². The summed E-state index contributed by atoms with van der Waals surface area (Å²) in [6.07, 6.45) is 0.694. The molecular weight excluding hydrogens is 260 g/mol. The average Bonchev–Trinajstić information content (AvgIpc) is 2.99. The zero-order valence-electron chi connectivity index (χ0n) is 11.4. The van der Waals surface area contributed by atoms with Crippen LogP contribution in [0, 0.1) is 12.8 Å². The van der Waals surface area contributed by atoms with Crippen LogP contribution in [-0.2, 0) is 11.2 Å². The van der Waals surface area contributed by atoms with E-state index in [2.05, 4.69) is 10.3 Å². The summed E-state index contributed by atoms with van der Waals surface area (Å²) in [7, 11) is 0. The van der Waals surface area contributed by atoms with Gasteiger partial charge in [0.05, 0.1) is 10.6 Å². The van der Waals surface area contributed by atoms with Gasteiger partial charge < -0.3 is 9.73 Å². The van der Waals surface area contributed by atoms with Crippen molar-refractivity contribution in [3.05, 3.63) is 29.0 Å². The molecule has 0 unspecified atom stereocenters. The van der Waals surface area contributed by atoms with Crippen LogP contribution >= 0.6 is 11.3 Å². The molecule has 0 fully saturated rings. The predicted molar refractivity (Wildman–Crippen MR) is 76.1 cm³/mol. The summed E-state index contributed by atoms with van der Waals surface area (Å²) in [5.74, 6) is 1.57. The Kier molecular flexibility index (Phi) is 4.37. The van der Waals surface area contributed by atoms with Gasteiger partial charge in [-0.1, -0.05) is 19.9 Å². The van der Waals surface area contributed by atoms with E-state index in [4.69, 9.17) is 4.42 Å². The van der Waals surface area contributed by atoms with Gasteiger partial charge in [-0.25, -0.2) is 4.98 Å². The summed E-state index contributed by atoms with van der Waals surface area (Å²) in [5, 5.41) is 4.88. The van der Waals surface area contributed by atoms with Crippen LogP contribution in [-0.4, -0.2) is 17.4 Å². The topological polar surface area (TPSA) is 55.1 Å². The van der Waals surface area contributed by atoms with E-state index in [1.54, 1.807) is 11.3 Å². The van der Waals surface area contributed by atoms with Crippen LogP contribution < -0.4 is 5.32 Å². The first-order chi connectivity index (χ1) is 9.08. The second-order valence-corrected chi connectivity index (χ2v) is 5.64. The van der Waals surface area contributed by atoms with Crippen molar-refractivity contribution in [1.82, 2.24) is 10.3 Å². The van der Waals surface area contributed by atoms with Crippen molar-refractivity contribution in [3.63, 3.8) is 0 Å². The van der Waals surface area contributed by atoms with Gasteiger partial charge in [0.15, 0.2) is 0 Å². The minimum atomic E-state index is 0.0140.